The van der Waals surface area contributed by atoms with Gasteiger partial charge in [0, 0.05) is 6.54 Å². The van der Waals surface area contributed by atoms with Gasteiger partial charge in [0.05, 0.1) is 6.10 Å². The number of alkyl halides is 3. The molecule has 1 aromatic heterocycles. The number of halogens is 3. The first-order valence-electron chi connectivity index (χ1n) is 6.46. The van der Waals surface area contributed by atoms with Gasteiger partial charge < -0.3 is 9.64 Å². The van der Waals surface area contributed by atoms with E-state index in [-0.39, 0.29) is 30.6 Å². The maximum atomic E-state index is 12.6. The normalized spacial score (nSPS) is 11.6. The summed E-state index contributed by atoms with van der Waals surface area (Å²) in [6.07, 6.45) is -4.09. The van der Waals surface area contributed by atoms with Crippen molar-refractivity contribution in [2.45, 2.75) is 39.5 Å². The first kappa shape index (κ1) is 17.2. The van der Waals surface area contributed by atoms with E-state index in [2.05, 4.69) is 20.4 Å². The second-order valence-corrected chi connectivity index (χ2v) is 4.59. The summed E-state index contributed by atoms with van der Waals surface area (Å²) in [6, 6.07) is -0.0776. The van der Waals surface area contributed by atoms with Gasteiger partial charge in [-0.15, -0.1) is 0 Å². The van der Waals surface area contributed by atoms with Gasteiger partial charge in [-0.25, -0.2) is 5.84 Å². The summed E-state index contributed by atoms with van der Waals surface area (Å²) >= 11 is 0. The lowest BCUT2D eigenvalue weighted by molar-refractivity contribution is -0.119. The van der Waals surface area contributed by atoms with Crippen molar-refractivity contribution in [1.82, 2.24) is 15.0 Å². The lowest BCUT2D eigenvalue weighted by Gasteiger charge is -2.23. The molecule has 7 nitrogen and oxygen atoms in total. The Morgan fingerprint density at radius 2 is 1.95 bits per heavy atom. The molecule has 0 aromatic carbocycles. The van der Waals surface area contributed by atoms with Crippen molar-refractivity contribution in [3.63, 3.8) is 0 Å². The van der Waals surface area contributed by atoms with Crippen LogP contribution >= 0.6 is 0 Å². The molecule has 0 saturated carbocycles. The molecule has 0 fully saturated rings. The van der Waals surface area contributed by atoms with Gasteiger partial charge in [0.15, 0.2) is 0 Å². The third-order valence-corrected chi connectivity index (χ3v) is 2.22. The highest BCUT2D eigenvalue weighted by Gasteiger charge is 2.32. The first-order chi connectivity index (χ1) is 9.75. The number of nitrogens with zero attached hydrogens (tertiary/aromatic N) is 4. The molecule has 0 aliphatic carbocycles. The zero-order valence-corrected chi connectivity index (χ0v) is 12.1. The topological polar surface area (TPSA) is 89.2 Å². The van der Waals surface area contributed by atoms with Gasteiger partial charge in [-0.2, -0.15) is 28.1 Å². The molecule has 21 heavy (non-hydrogen) atoms. The van der Waals surface area contributed by atoms with Crippen molar-refractivity contribution in [2.24, 2.45) is 5.84 Å². The van der Waals surface area contributed by atoms with E-state index in [0.717, 1.165) is 4.90 Å². The van der Waals surface area contributed by atoms with Crippen molar-refractivity contribution in [3.05, 3.63) is 0 Å². The van der Waals surface area contributed by atoms with Crippen LogP contribution < -0.4 is 20.9 Å². The van der Waals surface area contributed by atoms with Crippen LogP contribution in [0.1, 0.15) is 27.2 Å². The summed E-state index contributed by atoms with van der Waals surface area (Å²) in [5, 5.41) is 0. The van der Waals surface area contributed by atoms with Crippen molar-refractivity contribution in [2.75, 3.05) is 23.4 Å². The molecule has 0 unspecified atom stereocenters. The molecule has 1 aromatic rings. The lowest BCUT2D eigenvalue weighted by Crippen LogP contribution is -2.36. The Morgan fingerprint density at radius 3 is 2.43 bits per heavy atom. The number of hydrogen-bond donors (Lipinski definition) is 2. The highest BCUT2D eigenvalue weighted by Crippen LogP contribution is 2.22. The van der Waals surface area contributed by atoms with Gasteiger partial charge in [0.2, 0.25) is 11.9 Å². The van der Waals surface area contributed by atoms with Crippen LogP contribution in [0.3, 0.4) is 0 Å². The monoisotopic (exact) mass is 308 g/mol. The molecule has 3 N–H and O–H groups in total. The second kappa shape index (κ2) is 7.25. The third kappa shape index (κ3) is 5.98. The molecule has 0 spiro atoms. The quantitative estimate of drug-likeness (QED) is 0.585. The molecule has 1 heterocycles. The van der Waals surface area contributed by atoms with Crippen molar-refractivity contribution >= 4 is 11.9 Å². The van der Waals surface area contributed by atoms with Crippen molar-refractivity contribution in [3.8, 4) is 6.01 Å². The molecule has 0 amide bonds. The Kier molecular flexibility index (Phi) is 5.94. The Labute approximate surface area is 120 Å². The summed E-state index contributed by atoms with van der Waals surface area (Å²) in [4.78, 5) is 12.6. The number of nitrogens with one attached hydrogen (secondary N) is 1. The number of rotatable bonds is 7. The first-order valence-corrected chi connectivity index (χ1v) is 6.46. The predicted octanol–water partition coefficient (Wildman–Crippen LogP) is 1.72. The Hall–Kier alpha value is -1.84. The summed E-state index contributed by atoms with van der Waals surface area (Å²) in [7, 11) is 0. The maximum absolute atomic E-state index is 12.6. The zero-order valence-electron chi connectivity index (χ0n) is 12.1. The molecule has 120 valence electrons. The van der Waals surface area contributed by atoms with E-state index in [1.807, 2.05) is 0 Å². The zero-order chi connectivity index (χ0) is 16.0. The van der Waals surface area contributed by atoms with Crippen LogP contribution in [0.2, 0.25) is 0 Å². The van der Waals surface area contributed by atoms with E-state index < -0.39 is 12.7 Å². The third-order valence-electron chi connectivity index (χ3n) is 2.22. The maximum Gasteiger partial charge on any atom is 0.406 e. The molecule has 1 rings (SSSR count). The van der Waals surface area contributed by atoms with Crippen LogP contribution in [-0.4, -0.2) is 40.3 Å². The van der Waals surface area contributed by atoms with Gasteiger partial charge >= 0.3 is 12.2 Å². The molecular formula is C11H19F3N6O. The number of anilines is 2. The Morgan fingerprint density at radius 1 is 1.29 bits per heavy atom. The van der Waals surface area contributed by atoms with Gasteiger partial charge in [-0.05, 0) is 20.3 Å². The summed E-state index contributed by atoms with van der Waals surface area (Å²) < 4.78 is 43.2. The number of hydrogen-bond acceptors (Lipinski definition) is 7. The molecule has 0 bridgehead atoms. The van der Waals surface area contributed by atoms with E-state index in [0.29, 0.717) is 6.42 Å². The minimum absolute atomic E-state index is 0.0565. The summed E-state index contributed by atoms with van der Waals surface area (Å²) in [5.41, 5.74) is 2.19. The Bertz CT molecular complexity index is 454. The molecular weight excluding hydrogens is 289 g/mol. The fourth-order valence-electron chi connectivity index (χ4n) is 1.55. The molecule has 10 heteroatoms. The summed E-state index contributed by atoms with van der Waals surface area (Å²) in [5.74, 6) is 5.03. The number of ether oxygens (including phenoxy) is 1. The predicted molar refractivity (Wildman–Crippen MR) is 72.0 cm³/mol. The van der Waals surface area contributed by atoms with Crippen LogP contribution in [0, 0.1) is 0 Å². The molecule has 0 atom stereocenters. The fraction of sp³-hybridized carbons (Fsp3) is 0.727. The minimum Gasteiger partial charge on any atom is -0.461 e. The number of nitrogens with two attached hydrogens (primary N) is 1. The van der Waals surface area contributed by atoms with Crippen LogP contribution in [0.15, 0.2) is 0 Å². The van der Waals surface area contributed by atoms with E-state index in [1.165, 1.54) is 0 Å². The van der Waals surface area contributed by atoms with Crippen LogP contribution in [0.4, 0.5) is 25.1 Å². The number of hydrazine groups is 1. The highest BCUT2D eigenvalue weighted by molar-refractivity contribution is 5.38. The molecule has 0 saturated heterocycles. The second-order valence-electron chi connectivity index (χ2n) is 4.59. The van der Waals surface area contributed by atoms with Crippen molar-refractivity contribution in [1.29, 1.82) is 0 Å². The number of nitrogen functional groups attached to an aromatic ring is 1. The smallest absolute Gasteiger partial charge is 0.406 e. The van der Waals surface area contributed by atoms with Gasteiger partial charge in [0.1, 0.15) is 6.54 Å². The lowest BCUT2D eigenvalue weighted by atomic mass is 10.4. The largest absolute Gasteiger partial charge is 0.461 e. The van der Waals surface area contributed by atoms with Crippen LogP contribution in [-0.2, 0) is 0 Å². The van der Waals surface area contributed by atoms with Crippen molar-refractivity contribution < 1.29 is 17.9 Å². The molecule has 0 aliphatic rings. The number of aromatic nitrogens is 3. The molecule has 0 aliphatic heterocycles. The highest BCUT2D eigenvalue weighted by atomic mass is 19.4. The Balaban J connectivity index is 3.10. The van der Waals surface area contributed by atoms with E-state index in [9.17, 15) is 13.2 Å². The van der Waals surface area contributed by atoms with Gasteiger partial charge in [0.25, 0.3) is 0 Å². The SMILES string of the molecule is CCCN(CC(F)(F)F)c1nc(NN)nc(OC(C)C)n1. The van der Waals surface area contributed by atoms with Gasteiger partial charge in [-0.3, -0.25) is 5.43 Å². The minimum atomic E-state index is -4.36. The standard InChI is InChI=1S/C11H19F3N6O/c1-4-5-20(6-11(12,13)14)9-16-8(19-15)17-10(18-9)21-7(2)3/h7H,4-6,15H2,1-3H3,(H,16,17,18,19). The van der Waals surface area contributed by atoms with E-state index in [1.54, 1.807) is 20.8 Å². The van der Waals surface area contributed by atoms with E-state index in [4.69, 9.17) is 10.6 Å². The van der Waals surface area contributed by atoms with E-state index >= 15 is 0 Å². The summed E-state index contributed by atoms with van der Waals surface area (Å²) in [6.45, 7) is 4.25. The molecule has 0 radical (unpaired) electrons. The van der Waals surface area contributed by atoms with Crippen LogP contribution in [0.25, 0.3) is 0 Å². The average Bonchev–Trinajstić information content (AvgIpc) is 2.35. The average molecular weight is 308 g/mol. The van der Waals surface area contributed by atoms with Crippen LogP contribution in [0.5, 0.6) is 6.01 Å². The fourth-order valence-corrected chi connectivity index (χ4v) is 1.55. The van der Waals surface area contributed by atoms with Gasteiger partial charge in [-0.1, -0.05) is 6.92 Å².